The van der Waals surface area contributed by atoms with Crippen LogP contribution in [-0.2, 0) is 19.1 Å². The highest BCUT2D eigenvalue weighted by Crippen LogP contribution is 2.60. The van der Waals surface area contributed by atoms with Gasteiger partial charge >= 0.3 is 11.9 Å². The second kappa shape index (κ2) is 8.45. The number of hydrogen-bond acceptors (Lipinski definition) is 6. The third-order valence-electron chi connectivity index (χ3n) is 7.59. The molecule has 0 saturated carbocycles. The van der Waals surface area contributed by atoms with Gasteiger partial charge in [-0.25, -0.2) is 4.79 Å². The standard InChI is InChI=1S/C29H23NO6/c1-35-29(34)16-10-12-17(13-11-16)36-22(31)14-15-30-27(32)25-23-18-6-2-3-7-19(18)24(26(25)28(30)33)21-9-5-4-8-20(21)23/h2-13,23-26H,14-15H2,1H3/t23?,24?,25-,26-/m0/s1. The van der Waals surface area contributed by atoms with Crippen LogP contribution in [0, 0.1) is 11.8 Å². The van der Waals surface area contributed by atoms with Crippen LogP contribution in [0.4, 0.5) is 0 Å². The molecule has 3 aromatic carbocycles. The van der Waals surface area contributed by atoms with Crippen LogP contribution in [-0.4, -0.2) is 42.3 Å². The summed E-state index contributed by atoms with van der Waals surface area (Å²) in [5, 5.41) is 0. The van der Waals surface area contributed by atoms with Crippen molar-refractivity contribution in [2.75, 3.05) is 13.7 Å². The first-order chi connectivity index (χ1) is 17.5. The van der Waals surface area contributed by atoms with E-state index >= 15 is 0 Å². The zero-order chi connectivity index (χ0) is 25.0. The molecule has 7 rings (SSSR count). The maximum atomic E-state index is 13.6. The molecule has 2 amide bonds. The highest BCUT2D eigenvalue weighted by molar-refractivity contribution is 6.08. The minimum absolute atomic E-state index is 0.0319. The molecule has 36 heavy (non-hydrogen) atoms. The largest absolute Gasteiger partial charge is 0.465 e. The Kier molecular flexibility index (Phi) is 5.21. The van der Waals surface area contributed by atoms with Crippen molar-refractivity contribution in [1.82, 2.24) is 4.90 Å². The first kappa shape index (κ1) is 22.2. The SMILES string of the molecule is COC(=O)c1ccc(OC(=O)CCN2C(=O)[C@H]3C4c5ccccc5C(c5ccccc54)[C@@H]3C2=O)cc1. The molecular weight excluding hydrogens is 458 g/mol. The predicted molar refractivity (Wildman–Crippen MR) is 128 cm³/mol. The number of ether oxygens (including phenoxy) is 2. The number of imide groups is 1. The number of amides is 2. The molecule has 3 aromatic rings. The fourth-order valence-corrected chi connectivity index (χ4v) is 6.12. The topological polar surface area (TPSA) is 90.0 Å². The van der Waals surface area contributed by atoms with Gasteiger partial charge in [0.25, 0.3) is 0 Å². The van der Waals surface area contributed by atoms with Crippen molar-refractivity contribution < 1.29 is 28.7 Å². The summed E-state index contributed by atoms with van der Waals surface area (Å²) in [5.74, 6) is -2.50. The molecule has 1 heterocycles. The van der Waals surface area contributed by atoms with Crippen molar-refractivity contribution in [3.8, 4) is 5.75 Å². The van der Waals surface area contributed by atoms with Gasteiger partial charge in [-0.3, -0.25) is 19.3 Å². The quantitative estimate of drug-likeness (QED) is 0.314. The van der Waals surface area contributed by atoms with Gasteiger partial charge in [-0.2, -0.15) is 0 Å². The van der Waals surface area contributed by atoms with Crippen molar-refractivity contribution in [1.29, 1.82) is 0 Å². The number of methoxy groups -OCH3 is 1. The summed E-state index contributed by atoms with van der Waals surface area (Å²) >= 11 is 0. The second-order valence-electron chi connectivity index (χ2n) is 9.33. The van der Waals surface area contributed by atoms with Gasteiger partial charge < -0.3 is 9.47 Å². The summed E-state index contributed by atoms with van der Waals surface area (Å²) in [6, 6.07) is 22.1. The van der Waals surface area contributed by atoms with Crippen LogP contribution in [0.1, 0.15) is 50.9 Å². The Morgan fingerprint density at radius 2 is 1.22 bits per heavy atom. The third kappa shape index (κ3) is 3.26. The van der Waals surface area contributed by atoms with Gasteiger partial charge in [-0.1, -0.05) is 48.5 Å². The predicted octanol–water partition coefficient (Wildman–Crippen LogP) is 3.66. The van der Waals surface area contributed by atoms with Gasteiger partial charge in [-0.15, -0.1) is 0 Å². The van der Waals surface area contributed by atoms with Crippen LogP contribution in [0.3, 0.4) is 0 Å². The summed E-state index contributed by atoms with van der Waals surface area (Å²) in [6.45, 7) is -0.0319. The van der Waals surface area contributed by atoms with E-state index in [2.05, 4.69) is 29.0 Å². The van der Waals surface area contributed by atoms with Crippen LogP contribution in [0.2, 0.25) is 0 Å². The highest BCUT2D eigenvalue weighted by atomic mass is 16.5. The fourth-order valence-electron chi connectivity index (χ4n) is 6.12. The maximum Gasteiger partial charge on any atom is 0.337 e. The molecule has 0 spiro atoms. The zero-order valence-corrected chi connectivity index (χ0v) is 19.5. The summed E-state index contributed by atoms with van der Waals surface area (Å²) in [4.78, 5) is 52.5. The number of rotatable bonds is 5. The molecule has 7 nitrogen and oxygen atoms in total. The Hall–Kier alpha value is -4.26. The van der Waals surface area contributed by atoms with Crippen molar-refractivity contribution in [2.45, 2.75) is 18.3 Å². The Labute approximate surface area is 207 Å². The number of carbonyl (C=O) groups is 4. The van der Waals surface area contributed by atoms with Crippen LogP contribution >= 0.6 is 0 Å². The van der Waals surface area contributed by atoms with Gasteiger partial charge in [0.15, 0.2) is 0 Å². The van der Waals surface area contributed by atoms with Crippen LogP contribution in [0.15, 0.2) is 72.8 Å². The third-order valence-corrected chi connectivity index (χ3v) is 7.59. The van der Waals surface area contributed by atoms with Gasteiger partial charge in [-0.05, 0) is 46.5 Å². The van der Waals surface area contributed by atoms with E-state index < -0.39 is 23.8 Å². The summed E-state index contributed by atoms with van der Waals surface area (Å²) < 4.78 is 10.0. The Balaban J connectivity index is 1.20. The number of nitrogens with zero attached hydrogens (tertiary/aromatic N) is 1. The fraction of sp³-hybridized carbons (Fsp3) is 0.241. The lowest BCUT2D eigenvalue weighted by Gasteiger charge is -2.45. The number of carbonyl (C=O) groups excluding carboxylic acids is 4. The molecule has 0 aromatic heterocycles. The molecule has 3 aliphatic carbocycles. The van der Waals surface area contributed by atoms with Gasteiger partial charge in [0.2, 0.25) is 11.8 Å². The van der Waals surface area contributed by atoms with Gasteiger partial charge in [0.1, 0.15) is 5.75 Å². The Morgan fingerprint density at radius 1 is 0.750 bits per heavy atom. The monoisotopic (exact) mass is 481 g/mol. The van der Waals surface area contributed by atoms with E-state index in [0.717, 1.165) is 22.3 Å². The Bertz CT molecular complexity index is 1300. The molecule has 7 heteroatoms. The van der Waals surface area contributed by atoms with E-state index in [-0.39, 0.29) is 42.4 Å². The minimum Gasteiger partial charge on any atom is -0.465 e. The van der Waals surface area contributed by atoms with Crippen LogP contribution in [0.5, 0.6) is 5.75 Å². The lowest BCUT2D eigenvalue weighted by molar-refractivity contribution is -0.141. The van der Waals surface area contributed by atoms with E-state index in [1.165, 1.54) is 36.3 Å². The van der Waals surface area contributed by atoms with Crippen molar-refractivity contribution in [3.63, 3.8) is 0 Å². The summed E-state index contributed by atoms with van der Waals surface area (Å²) in [7, 11) is 1.29. The van der Waals surface area contributed by atoms with E-state index in [9.17, 15) is 19.2 Å². The minimum atomic E-state index is -0.564. The first-order valence-electron chi connectivity index (χ1n) is 11.9. The van der Waals surface area contributed by atoms with E-state index in [0.29, 0.717) is 5.56 Å². The molecular formula is C29H23NO6. The lowest BCUT2D eigenvalue weighted by atomic mass is 9.55. The first-order valence-corrected chi connectivity index (χ1v) is 11.9. The second-order valence-corrected chi connectivity index (χ2v) is 9.33. The van der Waals surface area contributed by atoms with E-state index in [1.807, 2.05) is 24.3 Å². The van der Waals surface area contributed by atoms with Gasteiger partial charge in [0.05, 0.1) is 30.9 Å². The molecule has 1 saturated heterocycles. The molecule has 0 unspecified atom stereocenters. The molecule has 4 aliphatic rings. The van der Waals surface area contributed by atoms with E-state index in [4.69, 9.17) is 4.74 Å². The summed E-state index contributed by atoms with van der Waals surface area (Å²) in [5.41, 5.74) is 4.78. The number of benzene rings is 3. The number of likely N-dealkylation sites (tertiary alicyclic amines) is 1. The number of hydrogen-bond donors (Lipinski definition) is 0. The molecule has 1 fully saturated rings. The highest BCUT2D eigenvalue weighted by Gasteiger charge is 2.61. The average Bonchev–Trinajstić information content (AvgIpc) is 3.17. The smallest absolute Gasteiger partial charge is 0.337 e. The molecule has 2 atom stereocenters. The van der Waals surface area contributed by atoms with Crippen molar-refractivity contribution in [3.05, 3.63) is 101 Å². The van der Waals surface area contributed by atoms with Crippen LogP contribution < -0.4 is 4.74 Å². The van der Waals surface area contributed by atoms with E-state index in [1.54, 1.807) is 0 Å². The molecule has 1 aliphatic heterocycles. The Morgan fingerprint density at radius 3 is 1.67 bits per heavy atom. The normalized spacial score (nSPS) is 23.1. The van der Waals surface area contributed by atoms with Crippen molar-refractivity contribution in [2.24, 2.45) is 11.8 Å². The van der Waals surface area contributed by atoms with Gasteiger partial charge in [0, 0.05) is 18.4 Å². The lowest BCUT2D eigenvalue weighted by Crippen LogP contribution is -2.41. The number of esters is 2. The molecule has 0 radical (unpaired) electrons. The molecule has 2 bridgehead atoms. The zero-order valence-electron chi connectivity index (χ0n) is 19.5. The van der Waals surface area contributed by atoms with Crippen molar-refractivity contribution >= 4 is 23.8 Å². The van der Waals surface area contributed by atoms with Crippen LogP contribution in [0.25, 0.3) is 0 Å². The molecule has 0 N–H and O–H groups in total. The molecule has 180 valence electrons. The maximum absolute atomic E-state index is 13.6. The summed E-state index contributed by atoms with van der Waals surface area (Å²) in [6.07, 6.45) is -0.120. The average molecular weight is 482 g/mol.